The zero-order valence-corrected chi connectivity index (χ0v) is 25.8. The molecule has 10 nitrogen and oxygen atoms in total. The van der Waals surface area contributed by atoms with Gasteiger partial charge in [0.2, 0.25) is 0 Å². The zero-order valence-electron chi connectivity index (χ0n) is 25.8. The summed E-state index contributed by atoms with van der Waals surface area (Å²) in [7, 11) is 4.79. The van der Waals surface area contributed by atoms with E-state index in [2.05, 4.69) is 4.90 Å². The van der Waals surface area contributed by atoms with Crippen LogP contribution in [0, 0.1) is 6.92 Å². The largest absolute Gasteiger partial charge is 0.497 e. The van der Waals surface area contributed by atoms with Crippen LogP contribution in [0.15, 0.2) is 71.8 Å². The van der Waals surface area contributed by atoms with Crippen LogP contribution in [0.25, 0.3) is 0 Å². The molecule has 0 aliphatic carbocycles. The lowest BCUT2D eigenvalue weighted by molar-refractivity contribution is -0.133. The summed E-state index contributed by atoms with van der Waals surface area (Å²) in [6.45, 7) is 5.83. The van der Waals surface area contributed by atoms with E-state index in [0.717, 1.165) is 35.5 Å². The van der Waals surface area contributed by atoms with E-state index in [1.165, 1.54) is 5.01 Å². The fraction of sp³-hybridized carbons (Fsp3) is 0.382. The summed E-state index contributed by atoms with van der Waals surface area (Å²) in [4.78, 5) is 31.8. The monoisotopic (exact) mass is 600 g/mol. The summed E-state index contributed by atoms with van der Waals surface area (Å²) >= 11 is 0. The molecule has 2 aliphatic heterocycles. The molecule has 5 rings (SSSR count). The van der Waals surface area contributed by atoms with Crippen molar-refractivity contribution < 1.29 is 28.5 Å². The van der Waals surface area contributed by atoms with Crippen molar-refractivity contribution in [3.8, 4) is 17.2 Å². The molecule has 2 heterocycles. The Hall–Kier alpha value is -4.41. The first kappa shape index (κ1) is 31.0. The van der Waals surface area contributed by atoms with Crippen molar-refractivity contribution in [3.63, 3.8) is 0 Å². The Labute approximate surface area is 258 Å². The highest BCUT2D eigenvalue weighted by Crippen LogP contribution is 2.36. The summed E-state index contributed by atoms with van der Waals surface area (Å²) < 4.78 is 21.8. The van der Waals surface area contributed by atoms with Crippen LogP contribution in [0.4, 0.5) is 0 Å². The van der Waals surface area contributed by atoms with Gasteiger partial charge in [-0.05, 0) is 48.9 Å². The minimum Gasteiger partial charge on any atom is -0.497 e. The quantitative estimate of drug-likeness (QED) is 0.326. The van der Waals surface area contributed by atoms with Crippen molar-refractivity contribution in [1.29, 1.82) is 0 Å². The molecule has 3 aromatic carbocycles. The Morgan fingerprint density at radius 2 is 1.59 bits per heavy atom. The van der Waals surface area contributed by atoms with E-state index in [1.807, 2.05) is 49.4 Å². The maximum absolute atomic E-state index is 14.1. The summed E-state index contributed by atoms with van der Waals surface area (Å²) in [5, 5.41) is 6.39. The highest BCUT2D eigenvalue weighted by Gasteiger charge is 2.35. The number of nitrogens with zero attached hydrogens (tertiary/aromatic N) is 4. The number of morpholine rings is 1. The minimum absolute atomic E-state index is 0.117. The fourth-order valence-electron chi connectivity index (χ4n) is 5.48. The molecule has 0 aromatic heterocycles. The number of ether oxygens (including phenoxy) is 4. The van der Waals surface area contributed by atoms with Gasteiger partial charge in [0.25, 0.3) is 11.8 Å². The van der Waals surface area contributed by atoms with Crippen molar-refractivity contribution in [1.82, 2.24) is 14.8 Å². The molecule has 44 heavy (non-hydrogen) atoms. The summed E-state index contributed by atoms with van der Waals surface area (Å²) in [5.74, 6) is 1.46. The molecular formula is C34H40N4O6. The lowest BCUT2D eigenvalue weighted by Gasteiger charge is -2.31. The molecule has 1 atom stereocenters. The number of benzene rings is 3. The number of rotatable bonds is 11. The number of methoxy groups -OCH3 is 3. The van der Waals surface area contributed by atoms with E-state index < -0.39 is 0 Å². The van der Waals surface area contributed by atoms with Crippen molar-refractivity contribution >= 4 is 17.5 Å². The van der Waals surface area contributed by atoms with Gasteiger partial charge in [0.05, 0.1) is 46.3 Å². The van der Waals surface area contributed by atoms with Crippen LogP contribution in [0.3, 0.4) is 0 Å². The Morgan fingerprint density at radius 1 is 0.909 bits per heavy atom. The van der Waals surface area contributed by atoms with Crippen molar-refractivity contribution in [3.05, 3.63) is 89.0 Å². The number of carbonyl (C=O) groups excluding carboxylic acids is 2. The first-order valence-electron chi connectivity index (χ1n) is 14.8. The fourth-order valence-corrected chi connectivity index (χ4v) is 5.48. The van der Waals surface area contributed by atoms with Gasteiger partial charge < -0.3 is 23.8 Å². The molecule has 0 bridgehead atoms. The third-order valence-corrected chi connectivity index (χ3v) is 8.09. The predicted molar refractivity (Wildman–Crippen MR) is 168 cm³/mol. The van der Waals surface area contributed by atoms with Gasteiger partial charge in [0.1, 0.15) is 23.8 Å². The summed E-state index contributed by atoms with van der Waals surface area (Å²) in [5.41, 5.74) is 4.10. The number of hydrogen-bond donors (Lipinski definition) is 0. The second kappa shape index (κ2) is 14.4. The zero-order chi connectivity index (χ0) is 31.1. The Bertz CT molecular complexity index is 1470. The molecule has 1 saturated heterocycles. The summed E-state index contributed by atoms with van der Waals surface area (Å²) in [6, 6.07) is 20.3. The molecule has 2 amide bonds. The van der Waals surface area contributed by atoms with Gasteiger partial charge >= 0.3 is 0 Å². The maximum atomic E-state index is 14.1. The van der Waals surface area contributed by atoms with Crippen LogP contribution in [-0.4, -0.2) is 99.6 Å². The first-order chi connectivity index (χ1) is 21.4. The first-order valence-corrected chi connectivity index (χ1v) is 14.8. The van der Waals surface area contributed by atoms with Crippen molar-refractivity contribution in [2.75, 3.05) is 67.3 Å². The molecule has 3 aromatic rings. The van der Waals surface area contributed by atoms with E-state index in [-0.39, 0.29) is 24.4 Å². The second-order valence-corrected chi connectivity index (χ2v) is 10.9. The molecule has 0 unspecified atom stereocenters. The van der Waals surface area contributed by atoms with Gasteiger partial charge in [-0.2, -0.15) is 5.10 Å². The van der Waals surface area contributed by atoms with Crippen LogP contribution >= 0.6 is 0 Å². The standard InChI is InChI=1S/C34H40N4O6/c1-24-5-7-25(8-6-24)31-22-30(29-14-13-28(42-3)21-32(29)43-4)35-38(31)33(39)23-37(16-15-36-17-19-44-20-18-36)34(40)26-9-11-27(41-2)12-10-26/h5-14,21,31H,15-20,22-23H2,1-4H3/t31-/m0/s1. The molecular weight excluding hydrogens is 560 g/mol. The van der Waals surface area contributed by atoms with Gasteiger partial charge in [-0.25, -0.2) is 5.01 Å². The number of hydrogen-bond acceptors (Lipinski definition) is 8. The molecule has 232 valence electrons. The molecule has 0 spiro atoms. The maximum Gasteiger partial charge on any atom is 0.262 e. The van der Waals surface area contributed by atoms with Gasteiger partial charge in [-0.15, -0.1) is 0 Å². The number of aryl methyl sites for hydroxylation is 1. The topological polar surface area (TPSA) is 93.1 Å². The van der Waals surface area contributed by atoms with Crippen LogP contribution in [0.5, 0.6) is 17.2 Å². The highest BCUT2D eigenvalue weighted by atomic mass is 16.5. The molecule has 0 saturated carbocycles. The predicted octanol–water partition coefficient (Wildman–Crippen LogP) is 4.17. The van der Waals surface area contributed by atoms with Gasteiger partial charge in [-0.3, -0.25) is 14.5 Å². The van der Waals surface area contributed by atoms with E-state index >= 15 is 0 Å². The van der Waals surface area contributed by atoms with Crippen LogP contribution in [-0.2, 0) is 9.53 Å². The molecule has 2 aliphatic rings. The molecule has 0 radical (unpaired) electrons. The minimum atomic E-state index is -0.331. The third-order valence-electron chi connectivity index (χ3n) is 8.09. The normalized spacial score (nSPS) is 16.8. The van der Waals surface area contributed by atoms with Crippen LogP contribution in [0.1, 0.15) is 39.5 Å². The second-order valence-electron chi connectivity index (χ2n) is 10.9. The molecule has 0 N–H and O–H groups in total. The van der Waals surface area contributed by atoms with Crippen molar-refractivity contribution in [2.24, 2.45) is 5.10 Å². The van der Waals surface area contributed by atoms with E-state index in [9.17, 15) is 9.59 Å². The average molecular weight is 601 g/mol. The van der Waals surface area contributed by atoms with E-state index in [4.69, 9.17) is 24.0 Å². The Morgan fingerprint density at radius 3 is 2.25 bits per heavy atom. The third kappa shape index (κ3) is 7.20. The molecule has 10 heteroatoms. The lowest BCUT2D eigenvalue weighted by Crippen LogP contribution is -2.46. The molecule has 1 fully saturated rings. The smallest absolute Gasteiger partial charge is 0.262 e. The lowest BCUT2D eigenvalue weighted by atomic mass is 9.97. The SMILES string of the molecule is COc1ccc(C(=O)N(CCN2CCOCC2)CC(=O)N2N=C(c3ccc(OC)cc3OC)C[C@H]2c2ccc(C)cc2)cc1. The average Bonchev–Trinajstić information content (AvgIpc) is 3.52. The van der Waals surface area contributed by atoms with Gasteiger partial charge in [0, 0.05) is 49.8 Å². The summed E-state index contributed by atoms with van der Waals surface area (Å²) in [6.07, 6.45) is 0.498. The van der Waals surface area contributed by atoms with Crippen LogP contribution in [0.2, 0.25) is 0 Å². The Balaban J connectivity index is 1.44. The van der Waals surface area contributed by atoms with Gasteiger partial charge in [-0.1, -0.05) is 29.8 Å². The van der Waals surface area contributed by atoms with Crippen LogP contribution < -0.4 is 14.2 Å². The van der Waals surface area contributed by atoms with E-state index in [0.29, 0.717) is 55.5 Å². The highest BCUT2D eigenvalue weighted by molar-refractivity contribution is 6.05. The van der Waals surface area contributed by atoms with Gasteiger partial charge in [0.15, 0.2) is 0 Å². The number of hydrazone groups is 1. The van der Waals surface area contributed by atoms with Crippen molar-refractivity contribution in [2.45, 2.75) is 19.4 Å². The number of amides is 2. The number of carbonyl (C=O) groups is 2. The Kier molecular flexibility index (Phi) is 10.1. The van der Waals surface area contributed by atoms with E-state index in [1.54, 1.807) is 50.5 Å².